The van der Waals surface area contributed by atoms with Crippen LogP contribution in [0.5, 0.6) is 5.75 Å². The Morgan fingerprint density at radius 3 is 2.65 bits per heavy atom. The molecule has 0 spiro atoms. The van der Waals surface area contributed by atoms with Crippen LogP contribution in [0.2, 0.25) is 0 Å². The van der Waals surface area contributed by atoms with Gasteiger partial charge in [0.2, 0.25) is 10.0 Å². The van der Waals surface area contributed by atoms with Gasteiger partial charge in [-0.05, 0) is 54.5 Å². The summed E-state index contributed by atoms with van der Waals surface area (Å²) in [6, 6.07) is 14.0. The predicted molar refractivity (Wildman–Crippen MR) is 98.4 cm³/mol. The quantitative estimate of drug-likeness (QED) is 0.774. The van der Waals surface area contributed by atoms with Gasteiger partial charge in [-0.25, -0.2) is 13.1 Å². The maximum absolute atomic E-state index is 12.4. The lowest BCUT2D eigenvalue weighted by Gasteiger charge is -2.27. The maximum Gasteiger partial charge on any atom is 0.255 e. The molecule has 0 aliphatic heterocycles. The van der Waals surface area contributed by atoms with Gasteiger partial charge in [-0.1, -0.05) is 30.3 Å². The molecule has 2 aromatic carbocycles. The van der Waals surface area contributed by atoms with Crippen LogP contribution >= 0.6 is 0 Å². The van der Waals surface area contributed by atoms with Crippen LogP contribution in [0.4, 0.5) is 0 Å². The first-order chi connectivity index (χ1) is 12.5. The summed E-state index contributed by atoms with van der Waals surface area (Å²) in [5, 5.41) is 0. The summed E-state index contributed by atoms with van der Waals surface area (Å²) < 4.78 is 33.1. The van der Waals surface area contributed by atoms with Gasteiger partial charge in [-0.2, -0.15) is 0 Å². The van der Waals surface area contributed by atoms with E-state index in [1.165, 1.54) is 0 Å². The highest BCUT2D eigenvalue weighted by molar-refractivity contribution is 7.89. The van der Waals surface area contributed by atoms with E-state index in [0.717, 1.165) is 30.4 Å². The number of sulfonamides is 1. The van der Waals surface area contributed by atoms with E-state index in [9.17, 15) is 13.2 Å². The first-order valence-corrected chi connectivity index (χ1v) is 10.0. The molecule has 0 saturated heterocycles. The summed E-state index contributed by atoms with van der Waals surface area (Å²) in [5.74, 6) is 0.192. The van der Waals surface area contributed by atoms with Crippen molar-refractivity contribution in [2.75, 3.05) is 13.2 Å². The molecule has 1 aliphatic carbocycles. The number of benzene rings is 2. The SMILES string of the molecule is NC(=O)COc1cccc2c1CCCC2CNS(=O)(=O)c1ccccc1. The highest BCUT2D eigenvalue weighted by Crippen LogP contribution is 2.36. The van der Waals surface area contributed by atoms with Gasteiger partial charge in [0.25, 0.3) is 5.91 Å². The van der Waals surface area contributed by atoms with Crippen LogP contribution in [0, 0.1) is 0 Å². The van der Waals surface area contributed by atoms with E-state index in [1.54, 1.807) is 30.3 Å². The van der Waals surface area contributed by atoms with E-state index < -0.39 is 15.9 Å². The fraction of sp³-hybridized carbons (Fsp3) is 0.316. The third-order valence-electron chi connectivity index (χ3n) is 4.53. The average molecular weight is 374 g/mol. The third kappa shape index (κ3) is 4.23. The monoisotopic (exact) mass is 374 g/mol. The number of hydrogen-bond acceptors (Lipinski definition) is 4. The molecule has 1 unspecified atom stereocenters. The van der Waals surface area contributed by atoms with Crippen LogP contribution in [0.1, 0.15) is 29.9 Å². The molecule has 0 radical (unpaired) electrons. The van der Waals surface area contributed by atoms with Crippen LogP contribution in [0.15, 0.2) is 53.4 Å². The van der Waals surface area contributed by atoms with Crippen LogP contribution < -0.4 is 15.2 Å². The van der Waals surface area contributed by atoms with Gasteiger partial charge in [-0.3, -0.25) is 4.79 Å². The molecule has 3 N–H and O–H groups in total. The van der Waals surface area contributed by atoms with Crippen LogP contribution in [-0.4, -0.2) is 27.5 Å². The number of amides is 1. The number of nitrogens with one attached hydrogen (secondary N) is 1. The summed E-state index contributed by atoms with van der Waals surface area (Å²) >= 11 is 0. The van der Waals surface area contributed by atoms with Gasteiger partial charge in [0.05, 0.1) is 4.90 Å². The Balaban J connectivity index is 1.76. The molecule has 2 aromatic rings. The Bertz CT molecular complexity index is 882. The molecular formula is C19H22N2O4S. The van der Waals surface area contributed by atoms with Crippen molar-refractivity contribution in [1.29, 1.82) is 0 Å². The summed E-state index contributed by atoms with van der Waals surface area (Å²) in [6.45, 7) is 0.158. The number of primary amides is 1. The number of ether oxygens (including phenoxy) is 1. The van der Waals surface area contributed by atoms with E-state index >= 15 is 0 Å². The lowest BCUT2D eigenvalue weighted by molar-refractivity contribution is -0.119. The molecule has 1 aliphatic rings. The predicted octanol–water partition coefficient (Wildman–Crippen LogP) is 1.95. The minimum absolute atomic E-state index is 0.0642. The zero-order valence-corrected chi connectivity index (χ0v) is 15.2. The van der Waals surface area contributed by atoms with E-state index in [4.69, 9.17) is 10.5 Å². The lowest BCUT2D eigenvalue weighted by atomic mass is 9.82. The highest BCUT2D eigenvalue weighted by atomic mass is 32.2. The number of carbonyl (C=O) groups is 1. The molecule has 7 heteroatoms. The van der Waals surface area contributed by atoms with Crippen LogP contribution in [0.25, 0.3) is 0 Å². The second-order valence-electron chi connectivity index (χ2n) is 6.33. The maximum atomic E-state index is 12.4. The third-order valence-corrected chi connectivity index (χ3v) is 5.97. The second kappa shape index (κ2) is 7.88. The molecule has 1 atom stereocenters. The highest BCUT2D eigenvalue weighted by Gasteiger charge is 2.25. The zero-order valence-electron chi connectivity index (χ0n) is 14.4. The molecular weight excluding hydrogens is 352 g/mol. The molecule has 0 heterocycles. The Kier molecular flexibility index (Phi) is 5.58. The first-order valence-electron chi connectivity index (χ1n) is 8.55. The number of fused-ring (bicyclic) bond motifs is 1. The van der Waals surface area contributed by atoms with Gasteiger partial charge in [-0.15, -0.1) is 0 Å². The molecule has 1 amide bonds. The number of carbonyl (C=O) groups excluding carboxylic acids is 1. The van der Waals surface area contributed by atoms with Gasteiger partial charge in [0.1, 0.15) is 5.75 Å². The molecule has 138 valence electrons. The minimum atomic E-state index is -3.54. The Hall–Kier alpha value is -2.38. The van der Waals surface area contributed by atoms with Gasteiger partial charge in [0.15, 0.2) is 6.61 Å². The first kappa shape index (κ1) is 18.4. The van der Waals surface area contributed by atoms with E-state index in [1.807, 2.05) is 18.2 Å². The van der Waals surface area contributed by atoms with Crippen molar-refractivity contribution in [2.24, 2.45) is 5.73 Å². The molecule has 26 heavy (non-hydrogen) atoms. The van der Waals surface area contributed by atoms with E-state index in [0.29, 0.717) is 12.3 Å². The number of hydrogen-bond donors (Lipinski definition) is 2. The standard InChI is InChI=1S/C19H22N2O4S/c20-19(22)13-25-18-11-5-9-16-14(6-4-10-17(16)18)12-21-26(23,24)15-7-2-1-3-8-15/h1-3,5,7-9,11,14,21H,4,6,10,12-13H2,(H2,20,22). The molecule has 0 aromatic heterocycles. The normalized spacial score (nSPS) is 16.7. The van der Waals surface area contributed by atoms with Crippen molar-refractivity contribution in [2.45, 2.75) is 30.1 Å². The fourth-order valence-electron chi connectivity index (χ4n) is 3.30. The van der Waals surface area contributed by atoms with Crippen molar-refractivity contribution in [3.8, 4) is 5.75 Å². The molecule has 0 bridgehead atoms. The van der Waals surface area contributed by atoms with Crippen LogP contribution in [-0.2, 0) is 21.2 Å². The van der Waals surface area contributed by atoms with Crippen molar-refractivity contribution in [1.82, 2.24) is 4.72 Å². The lowest BCUT2D eigenvalue weighted by Crippen LogP contribution is -2.30. The number of rotatable bonds is 7. The molecule has 0 saturated carbocycles. The average Bonchev–Trinajstić information content (AvgIpc) is 2.65. The molecule has 0 fully saturated rings. The summed E-state index contributed by atoms with van der Waals surface area (Å²) in [5.41, 5.74) is 7.25. The Morgan fingerprint density at radius 2 is 1.92 bits per heavy atom. The summed E-state index contributed by atoms with van der Waals surface area (Å²) in [4.78, 5) is 11.2. The van der Waals surface area contributed by atoms with E-state index in [-0.39, 0.29) is 17.4 Å². The molecule has 3 rings (SSSR count). The Labute approximate surface area is 153 Å². The largest absolute Gasteiger partial charge is 0.483 e. The number of nitrogens with two attached hydrogens (primary N) is 1. The summed E-state index contributed by atoms with van der Waals surface area (Å²) in [7, 11) is -3.54. The van der Waals surface area contributed by atoms with Crippen molar-refractivity contribution in [3.63, 3.8) is 0 Å². The second-order valence-corrected chi connectivity index (χ2v) is 8.10. The fourth-order valence-corrected chi connectivity index (χ4v) is 4.41. The van der Waals surface area contributed by atoms with Crippen LogP contribution in [0.3, 0.4) is 0 Å². The van der Waals surface area contributed by atoms with Gasteiger partial charge < -0.3 is 10.5 Å². The van der Waals surface area contributed by atoms with Crippen molar-refractivity contribution >= 4 is 15.9 Å². The summed E-state index contributed by atoms with van der Waals surface area (Å²) in [6.07, 6.45) is 2.66. The smallest absolute Gasteiger partial charge is 0.255 e. The zero-order chi connectivity index (χ0) is 18.6. The van der Waals surface area contributed by atoms with E-state index in [2.05, 4.69) is 4.72 Å². The topological polar surface area (TPSA) is 98.5 Å². The van der Waals surface area contributed by atoms with Crippen molar-refractivity contribution in [3.05, 3.63) is 59.7 Å². The Morgan fingerprint density at radius 1 is 1.15 bits per heavy atom. The molecule has 6 nitrogen and oxygen atoms in total. The minimum Gasteiger partial charge on any atom is -0.483 e. The van der Waals surface area contributed by atoms with Gasteiger partial charge >= 0.3 is 0 Å². The van der Waals surface area contributed by atoms with Gasteiger partial charge in [0, 0.05) is 6.54 Å². The van der Waals surface area contributed by atoms with Crippen molar-refractivity contribution < 1.29 is 17.9 Å².